The van der Waals surface area contributed by atoms with Gasteiger partial charge < -0.3 is 4.42 Å². The second-order valence-electron chi connectivity index (χ2n) is 6.83. The third kappa shape index (κ3) is 5.32. The average Bonchev–Trinajstić information content (AvgIpc) is 3.45. The van der Waals surface area contributed by atoms with Gasteiger partial charge in [0.25, 0.3) is 5.91 Å². The van der Waals surface area contributed by atoms with Crippen molar-refractivity contribution in [2.24, 2.45) is 0 Å². The van der Waals surface area contributed by atoms with Crippen LogP contribution in [-0.2, 0) is 11.2 Å². The maximum Gasteiger partial charge on any atom is 0.268 e. The Hall–Kier alpha value is -3.44. The van der Waals surface area contributed by atoms with Gasteiger partial charge in [-0.15, -0.1) is 11.3 Å². The van der Waals surface area contributed by atoms with Gasteiger partial charge in [0.05, 0.1) is 15.6 Å². The maximum absolute atomic E-state index is 14.0. The molecular weight excluding hydrogens is 484 g/mol. The molecule has 0 radical (unpaired) electrons. The number of carbonyl (C=O) groups is 1. The second-order valence-corrected chi connectivity index (χ2v) is 8.73. The van der Waals surface area contributed by atoms with Crippen LogP contribution in [0.4, 0.5) is 9.52 Å². The van der Waals surface area contributed by atoms with Gasteiger partial charge in [-0.05, 0) is 35.9 Å². The first-order valence-corrected chi connectivity index (χ1v) is 11.2. The van der Waals surface area contributed by atoms with E-state index in [0.29, 0.717) is 27.4 Å². The van der Waals surface area contributed by atoms with Crippen molar-refractivity contribution < 1.29 is 13.6 Å². The van der Waals surface area contributed by atoms with Gasteiger partial charge in [-0.3, -0.25) is 10.1 Å². The summed E-state index contributed by atoms with van der Waals surface area (Å²) < 4.78 is 19.5. The number of nitrogens with zero attached hydrogens (tertiary/aromatic N) is 2. The van der Waals surface area contributed by atoms with Crippen LogP contribution >= 0.6 is 34.5 Å². The van der Waals surface area contributed by atoms with Crippen molar-refractivity contribution in [1.29, 1.82) is 5.26 Å². The second kappa shape index (κ2) is 10.0. The van der Waals surface area contributed by atoms with Gasteiger partial charge in [0.2, 0.25) is 0 Å². The number of furan rings is 1. The fourth-order valence-electron chi connectivity index (χ4n) is 3.01. The molecule has 2 aromatic carbocycles. The number of thiazole rings is 1. The van der Waals surface area contributed by atoms with E-state index in [9.17, 15) is 14.4 Å². The number of hydrogen-bond acceptors (Lipinski definition) is 5. The molecule has 1 N–H and O–H groups in total. The van der Waals surface area contributed by atoms with Crippen LogP contribution in [-0.4, -0.2) is 10.9 Å². The number of nitriles is 1. The summed E-state index contributed by atoms with van der Waals surface area (Å²) in [6.07, 6.45) is 3.42. The van der Waals surface area contributed by atoms with E-state index in [0.717, 1.165) is 10.4 Å². The first kappa shape index (κ1) is 22.7. The number of amides is 1. The number of benzene rings is 2. The van der Waals surface area contributed by atoms with Crippen LogP contribution in [0.5, 0.6) is 0 Å². The zero-order valence-corrected chi connectivity index (χ0v) is 19.1. The highest BCUT2D eigenvalue weighted by Gasteiger charge is 2.15. The molecule has 9 heteroatoms. The molecule has 0 saturated heterocycles. The van der Waals surface area contributed by atoms with E-state index >= 15 is 0 Å². The minimum atomic E-state index is -0.636. The van der Waals surface area contributed by atoms with Crippen LogP contribution in [0.3, 0.4) is 0 Å². The highest BCUT2D eigenvalue weighted by molar-refractivity contribution is 7.15. The van der Waals surface area contributed by atoms with Crippen molar-refractivity contribution in [1.82, 2.24) is 4.98 Å². The Morgan fingerprint density at radius 2 is 2.00 bits per heavy atom. The summed E-state index contributed by atoms with van der Waals surface area (Å²) in [7, 11) is 0. The maximum atomic E-state index is 14.0. The van der Waals surface area contributed by atoms with Crippen molar-refractivity contribution in [3.05, 3.63) is 98.4 Å². The third-order valence-corrected chi connectivity index (χ3v) is 6.36. The number of anilines is 1. The Balaban J connectivity index is 1.47. The molecule has 1 amide bonds. The molecule has 0 bridgehead atoms. The molecule has 164 valence electrons. The molecule has 0 aliphatic carbocycles. The third-order valence-electron chi connectivity index (χ3n) is 4.59. The van der Waals surface area contributed by atoms with Gasteiger partial charge in [0.15, 0.2) is 5.13 Å². The highest BCUT2D eigenvalue weighted by Crippen LogP contribution is 2.30. The normalized spacial score (nSPS) is 11.3. The van der Waals surface area contributed by atoms with Crippen molar-refractivity contribution in [3.8, 4) is 17.4 Å². The largest absolute Gasteiger partial charge is 0.457 e. The number of carbonyl (C=O) groups excluding carboxylic acids is 1. The lowest BCUT2D eigenvalue weighted by molar-refractivity contribution is -0.112. The lowest BCUT2D eigenvalue weighted by atomic mass is 10.1. The summed E-state index contributed by atoms with van der Waals surface area (Å²) in [4.78, 5) is 17.6. The zero-order chi connectivity index (χ0) is 23.4. The van der Waals surface area contributed by atoms with Crippen molar-refractivity contribution >= 4 is 51.7 Å². The number of halogens is 3. The van der Waals surface area contributed by atoms with E-state index in [1.807, 2.05) is 18.2 Å². The lowest BCUT2D eigenvalue weighted by Gasteiger charge is -2.03. The van der Waals surface area contributed by atoms with E-state index < -0.39 is 11.7 Å². The molecule has 5 nitrogen and oxygen atoms in total. The van der Waals surface area contributed by atoms with E-state index in [-0.39, 0.29) is 16.9 Å². The smallest absolute Gasteiger partial charge is 0.268 e. The predicted molar refractivity (Wildman–Crippen MR) is 128 cm³/mol. The minimum absolute atomic E-state index is 0.181. The van der Waals surface area contributed by atoms with Crippen LogP contribution in [0.1, 0.15) is 16.2 Å². The lowest BCUT2D eigenvalue weighted by Crippen LogP contribution is -2.13. The van der Waals surface area contributed by atoms with Crippen LogP contribution in [0.2, 0.25) is 10.0 Å². The average molecular weight is 498 g/mol. The molecule has 0 aliphatic heterocycles. The van der Waals surface area contributed by atoms with Crippen molar-refractivity contribution in [3.63, 3.8) is 0 Å². The van der Waals surface area contributed by atoms with E-state index in [2.05, 4.69) is 10.3 Å². The summed E-state index contributed by atoms with van der Waals surface area (Å²) >= 11 is 13.5. The van der Waals surface area contributed by atoms with Crippen molar-refractivity contribution in [2.75, 3.05) is 5.32 Å². The van der Waals surface area contributed by atoms with E-state index in [4.69, 9.17) is 27.6 Å². The number of hydrogen-bond donors (Lipinski definition) is 1. The Labute approximate surface area is 202 Å². The highest BCUT2D eigenvalue weighted by atomic mass is 35.5. The van der Waals surface area contributed by atoms with Gasteiger partial charge in [0.1, 0.15) is 29.0 Å². The molecule has 2 aromatic heterocycles. The minimum Gasteiger partial charge on any atom is -0.457 e. The van der Waals surface area contributed by atoms with Crippen LogP contribution < -0.4 is 5.32 Å². The van der Waals surface area contributed by atoms with Gasteiger partial charge in [-0.2, -0.15) is 5.26 Å². The fraction of sp³-hybridized carbons (Fsp3) is 0.0417. The summed E-state index contributed by atoms with van der Waals surface area (Å²) in [5, 5.41) is 13.3. The molecule has 4 rings (SSSR count). The number of rotatable bonds is 6. The molecule has 0 saturated carbocycles. The molecule has 4 aromatic rings. The van der Waals surface area contributed by atoms with Crippen LogP contribution in [0.25, 0.3) is 17.4 Å². The Bertz CT molecular complexity index is 1400. The monoisotopic (exact) mass is 497 g/mol. The first-order valence-electron chi connectivity index (χ1n) is 9.60. The summed E-state index contributed by atoms with van der Waals surface area (Å²) in [6, 6.07) is 16.5. The fourth-order valence-corrected chi connectivity index (χ4v) is 4.23. The van der Waals surface area contributed by atoms with Crippen LogP contribution in [0, 0.1) is 17.1 Å². The first-order chi connectivity index (χ1) is 15.9. The Kier molecular flexibility index (Phi) is 6.90. The Morgan fingerprint density at radius 3 is 2.79 bits per heavy atom. The Morgan fingerprint density at radius 1 is 1.18 bits per heavy atom. The van der Waals surface area contributed by atoms with E-state index in [1.165, 1.54) is 23.5 Å². The summed E-state index contributed by atoms with van der Waals surface area (Å²) in [5.41, 5.74) is 0.945. The zero-order valence-electron chi connectivity index (χ0n) is 16.8. The van der Waals surface area contributed by atoms with E-state index in [1.54, 1.807) is 42.6 Å². The summed E-state index contributed by atoms with van der Waals surface area (Å²) in [6.45, 7) is 0. The van der Waals surface area contributed by atoms with Crippen molar-refractivity contribution in [2.45, 2.75) is 6.42 Å². The molecule has 33 heavy (non-hydrogen) atoms. The van der Waals surface area contributed by atoms with Gasteiger partial charge in [0, 0.05) is 23.6 Å². The molecule has 0 atom stereocenters. The molecular formula is C24H14Cl2FN3O2S. The number of aromatic nitrogens is 1. The van der Waals surface area contributed by atoms with Crippen LogP contribution in [0.15, 0.2) is 70.8 Å². The van der Waals surface area contributed by atoms with Gasteiger partial charge in [-0.25, -0.2) is 9.37 Å². The molecule has 0 spiro atoms. The predicted octanol–water partition coefficient (Wildman–Crippen LogP) is 6.99. The quantitative estimate of drug-likeness (QED) is 0.230. The topological polar surface area (TPSA) is 78.9 Å². The SMILES string of the molecule is N#CC(=Cc1ccc(-c2ccccc2F)o1)C(=O)Nc1ncc(Cc2cccc(Cl)c2Cl)s1. The molecule has 0 aliphatic rings. The summed E-state index contributed by atoms with van der Waals surface area (Å²) in [5.74, 6) is -0.529. The number of nitrogens with one attached hydrogen (secondary N) is 1. The molecule has 0 fully saturated rings. The van der Waals surface area contributed by atoms with Gasteiger partial charge in [-0.1, -0.05) is 47.5 Å². The molecule has 0 unspecified atom stereocenters. The van der Waals surface area contributed by atoms with Gasteiger partial charge >= 0.3 is 0 Å². The molecule has 2 heterocycles. The standard InChI is InChI=1S/C24H14Cl2FN3O2S/c25-19-6-3-4-14(22(19)26)11-17-13-29-24(33-17)30-23(31)15(12-28)10-16-8-9-21(32-16)18-5-1-2-7-20(18)27/h1-10,13H,11H2,(H,29,30,31).